The van der Waals surface area contributed by atoms with Gasteiger partial charge in [-0.15, -0.1) is 0 Å². The summed E-state index contributed by atoms with van der Waals surface area (Å²) in [6.07, 6.45) is 4.66. The summed E-state index contributed by atoms with van der Waals surface area (Å²) in [6, 6.07) is 10.2. The number of hydrogen-bond acceptors (Lipinski definition) is 1. The van der Waals surface area contributed by atoms with Gasteiger partial charge in [0.15, 0.2) is 0 Å². The molecule has 0 aliphatic carbocycles. The van der Waals surface area contributed by atoms with Gasteiger partial charge in [-0.2, -0.15) is 0 Å². The van der Waals surface area contributed by atoms with Crippen molar-refractivity contribution in [3.05, 3.63) is 64.5 Å². The summed E-state index contributed by atoms with van der Waals surface area (Å²) in [7, 11) is 0. The summed E-state index contributed by atoms with van der Waals surface area (Å²) in [5.41, 5.74) is 2.88. The van der Waals surface area contributed by atoms with Crippen molar-refractivity contribution < 1.29 is 4.58 Å². The van der Waals surface area contributed by atoms with E-state index in [0.29, 0.717) is 0 Å². The Balaban J connectivity index is 2.49. The lowest BCUT2D eigenvalue weighted by atomic mass is 10.0. The maximum absolute atomic E-state index is 7.71. The van der Waals surface area contributed by atoms with Crippen LogP contribution in [0.25, 0.3) is 10.4 Å². The van der Waals surface area contributed by atoms with Crippen LogP contribution in [0.1, 0.15) is 45.1 Å². The second-order valence-corrected chi connectivity index (χ2v) is 6.81. The van der Waals surface area contributed by atoms with E-state index < -0.39 is 0 Å². The molecule has 0 saturated heterocycles. The lowest BCUT2D eigenvalue weighted by Crippen LogP contribution is -2.21. The first-order valence-corrected chi connectivity index (χ1v) is 9.21. The Hall–Kier alpha value is -1.79. The fraction of sp³-hybridized carbons (Fsp3) is 0.400. The van der Waals surface area contributed by atoms with Gasteiger partial charge in [-0.1, -0.05) is 63.6 Å². The Morgan fingerprint density at radius 3 is 2.22 bits per heavy atom. The van der Waals surface area contributed by atoms with Crippen molar-refractivity contribution in [2.24, 2.45) is 0 Å². The largest absolute Gasteiger partial charge is 0.272 e. The molecule has 2 rings (SSSR count). The minimum Gasteiger partial charge on any atom is -0.233 e. The molecule has 1 heterocycles. The molecule has 0 aromatic heterocycles. The highest BCUT2D eigenvalue weighted by molar-refractivity contribution is 8.18. The summed E-state index contributed by atoms with van der Waals surface area (Å²) in [4.78, 5) is 4.88. The molecule has 1 aromatic rings. The maximum Gasteiger partial charge on any atom is 0.272 e. The van der Waals surface area contributed by atoms with Gasteiger partial charge in [-0.25, -0.2) is 9.42 Å². The van der Waals surface area contributed by atoms with Crippen LogP contribution in [0.15, 0.2) is 47.5 Å². The zero-order valence-electron chi connectivity index (χ0n) is 14.1. The van der Waals surface area contributed by atoms with Gasteiger partial charge in [-0.05, 0) is 17.3 Å². The zero-order chi connectivity index (χ0) is 16.7. The topological polar surface area (TPSA) is 7.37 Å². The smallest absolute Gasteiger partial charge is 0.233 e. The van der Waals surface area contributed by atoms with Crippen LogP contribution in [0.3, 0.4) is 0 Å². The van der Waals surface area contributed by atoms with Crippen LogP contribution in [0.4, 0.5) is 0 Å². The lowest BCUT2D eigenvalue weighted by Gasteiger charge is -2.06. The number of unbranched alkanes of at least 4 members (excludes halogenated alkanes) is 2. The molecule has 120 valence electrons. The van der Waals surface area contributed by atoms with E-state index in [-0.39, 0.29) is 0 Å². The standard InChI is InChI=1S/C20H25N2S/c1-5-7-14-22(15-8-6-2)20-19(21-4)18(16(3)23-20)17-12-10-9-11-13-17/h9-13H,3,5-8,14-15H2,1-2H3/q+1. The Morgan fingerprint density at radius 1 is 1.09 bits per heavy atom. The van der Waals surface area contributed by atoms with Crippen molar-refractivity contribution >= 4 is 22.4 Å². The van der Waals surface area contributed by atoms with E-state index >= 15 is 0 Å². The molecular formula is C20H25N2S+. The van der Waals surface area contributed by atoms with Gasteiger partial charge in [0.2, 0.25) is 5.04 Å². The molecule has 0 atom stereocenters. The molecule has 0 unspecified atom stereocenters. The third-order valence-corrected chi connectivity index (χ3v) is 5.06. The lowest BCUT2D eigenvalue weighted by molar-refractivity contribution is -0.525. The molecule has 2 nitrogen and oxygen atoms in total. The maximum atomic E-state index is 7.71. The number of nitrogens with zero attached hydrogens (tertiary/aromatic N) is 2. The van der Waals surface area contributed by atoms with E-state index in [1.54, 1.807) is 11.8 Å². The highest BCUT2D eigenvalue weighted by Gasteiger charge is 2.34. The fourth-order valence-electron chi connectivity index (χ4n) is 2.69. The number of rotatable bonds is 7. The second-order valence-electron chi connectivity index (χ2n) is 5.73. The molecule has 0 radical (unpaired) electrons. The van der Waals surface area contributed by atoms with Gasteiger partial charge in [-0.3, -0.25) is 0 Å². The van der Waals surface area contributed by atoms with Crippen molar-refractivity contribution in [1.29, 1.82) is 0 Å². The summed E-state index contributed by atoms with van der Waals surface area (Å²) in [5, 5.41) is 1.10. The first-order chi connectivity index (χ1) is 11.2. The van der Waals surface area contributed by atoms with Gasteiger partial charge in [0.1, 0.15) is 13.1 Å². The zero-order valence-corrected chi connectivity index (χ0v) is 15.0. The van der Waals surface area contributed by atoms with Crippen LogP contribution in [0.5, 0.6) is 0 Å². The summed E-state index contributed by atoms with van der Waals surface area (Å²) in [5.74, 6) is 0. The van der Waals surface area contributed by atoms with Gasteiger partial charge >= 0.3 is 0 Å². The first-order valence-electron chi connectivity index (χ1n) is 8.39. The Bertz CT molecular complexity index is 653. The van der Waals surface area contributed by atoms with Crippen LogP contribution in [-0.4, -0.2) is 22.7 Å². The van der Waals surface area contributed by atoms with E-state index in [4.69, 9.17) is 6.57 Å². The molecule has 3 heteroatoms. The van der Waals surface area contributed by atoms with E-state index in [0.717, 1.165) is 52.7 Å². The monoisotopic (exact) mass is 325 g/mol. The predicted molar refractivity (Wildman–Crippen MR) is 102 cm³/mol. The van der Waals surface area contributed by atoms with Gasteiger partial charge in [0, 0.05) is 23.3 Å². The van der Waals surface area contributed by atoms with Gasteiger partial charge < -0.3 is 0 Å². The quantitative estimate of drug-likeness (QED) is 0.468. The number of thioether (sulfide) groups is 1. The van der Waals surface area contributed by atoms with Crippen molar-refractivity contribution in [2.75, 3.05) is 13.1 Å². The number of benzene rings is 1. The fourth-order valence-corrected chi connectivity index (χ4v) is 3.79. The summed E-state index contributed by atoms with van der Waals surface area (Å²) < 4.78 is 2.40. The Kier molecular flexibility index (Phi) is 6.67. The average molecular weight is 326 g/mol. The third-order valence-electron chi connectivity index (χ3n) is 3.96. The third kappa shape index (κ3) is 4.14. The SMILES string of the molecule is [C-]#[N+]C1=C(c2ccccc2)C(=C)SC1=[N+](CCCC)CCCC. The molecule has 0 saturated carbocycles. The average Bonchev–Trinajstić information content (AvgIpc) is 2.92. The molecule has 0 fully saturated rings. The minimum atomic E-state index is 0.776. The molecule has 0 amide bonds. The number of hydrogen-bond donors (Lipinski definition) is 0. The van der Waals surface area contributed by atoms with Crippen LogP contribution in [-0.2, 0) is 0 Å². The molecule has 23 heavy (non-hydrogen) atoms. The normalized spacial score (nSPS) is 14.3. The molecule has 0 bridgehead atoms. The van der Waals surface area contributed by atoms with Crippen molar-refractivity contribution in [1.82, 2.24) is 0 Å². The van der Waals surface area contributed by atoms with E-state index in [1.165, 1.54) is 12.8 Å². The Labute approximate surface area is 144 Å². The van der Waals surface area contributed by atoms with E-state index in [9.17, 15) is 0 Å². The van der Waals surface area contributed by atoms with Crippen molar-refractivity contribution in [2.45, 2.75) is 39.5 Å². The van der Waals surface area contributed by atoms with Crippen LogP contribution in [0, 0.1) is 6.57 Å². The molecular weight excluding hydrogens is 300 g/mol. The van der Waals surface area contributed by atoms with Crippen molar-refractivity contribution in [3.8, 4) is 0 Å². The molecule has 1 aromatic carbocycles. The highest BCUT2D eigenvalue weighted by Crippen LogP contribution is 2.43. The molecule has 0 N–H and O–H groups in total. The number of allylic oxidation sites excluding steroid dienone is 1. The summed E-state index contributed by atoms with van der Waals surface area (Å²) >= 11 is 1.67. The van der Waals surface area contributed by atoms with E-state index in [2.05, 4.69) is 42.0 Å². The minimum absolute atomic E-state index is 0.776. The predicted octanol–water partition coefficient (Wildman–Crippen LogP) is 5.59. The highest BCUT2D eigenvalue weighted by atomic mass is 32.2. The molecule has 1 aliphatic heterocycles. The van der Waals surface area contributed by atoms with Crippen LogP contribution < -0.4 is 0 Å². The summed E-state index contributed by atoms with van der Waals surface area (Å²) in [6.45, 7) is 18.4. The molecule has 0 spiro atoms. The van der Waals surface area contributed by atoms with Crippen LogP contribution in [0.2, 0.25) is 0 Å². The molecule has 1 aliphatic rings. The Morgan fingerprint density at radius 2 is 1.70 bits per heavy atom. The van der Waals surface area contributed by atoms with Gasteiger partial charge in [0.05, 0.1) is 6.57 Å². The van der Waals surface area contributed by atoms with Gasteiger partial charge in [0.25, 0.3) is 5.70 Å². The second kappa shape index (κ2) is 8.74. The van der Waals surface area contributed by atoms with E-state index in [1.807, 2.05) is 18.2 Å². The van der Waals surface area contributed by atoms with Crippen molar-refractivity contribution in [3.63, 3.8) is 0 Å². The van der Waals surface area contributed by atoms with Crippen LogP contribution >= 0.6 is 11.8 Å². The first kappa shape index (κ1) is 17.6.